The molecule has 1 heterocycles. The Morgan fingerprint density at radius 1 is 0.971 bits per heavy atom. The van der Waals surface area contributed by atoms with Crippen LogP contribution in [0.4, 0.5) is 4.79 Å². The molecule has 0 saturated heterocycles. The van der Waals surface area contributed by atoms with Crippen molar-refractivity contribution in [1.82, 2.24) is 5.32 Å². The Balaban J connectivity index is 1.18. The van der Waals surface area contributed by atoms with Crippen LogP contribution in [0.25, 0.3) is 22.1 Å². The zero-order valence-electron chi connectivity index (χ0n) is 20.1. The van der Waals surface area contributed by atoms with Gasteiger partial charge in [0.25, 0.3) is 0 Å². The van der Waals surface area contributed by atoms with Crippen LogP contribution in [0.1, 0.15) is 32.3 Å². The highest BCUT2D eigenvalue weighted by Crippen LogP contribution is 2.32. The van der Waals surface area contributed by atoms with E-state index in [-0.39, 0.29) is 6.10 Å². The number of carbonyl (C=O) groups excluding carboxylic acids is 1. The summed E-state index contributed by atoms with van der Waals surface area (Å²) in [5.74, 6) is 1.44. The van der Waals surface area contributed by atoms with Crippen LogP contribution in [-0.2, 0) is 11.3 Å². The molecule has 0 saturated carbocycles. The van der Waals surface area contributed by atoms with Gasteiger partial charge in [-0.3, -0.25) is 0 Å². The molecule has 0 atom stereocenters. The van der Waals surface area contributed by atoms with Gasteiger partial charge in [-0.2, -0.15) is 0 Å². The number of ether oxygens (including phenoxy) is 3. The minimum atomic E-state index is -0.442. The fraction of sp³-hybridized carbons (Fsp3) is 0.276. The normalized spacial score (nSPS) is 10.9. The highest BCUT2D eigenvalue weighted by atomic mass is 16.6. The number of rotatable bonds is 11. The number of benzene rings is 3. The molecule has 6 nitrogen and oxygen atoms in total. The maximum Gasteiger partial charge on any atom is 0.407 e. The summed E-state index contributed by atoms with van der Waals surface area (Å²) in [4.78, 5) is 11.6. The first-order chi connectivity index (χ1) is 17.1. The average Bonchev–Trinajstić information content (AvgIpc) is 3.29. The first-order valence-electron chi connectivity index (χ1n) is 11.9. The van der Waals surface area contributed by atoms with Crippen LogP contribution < -0.4 is 14.8 Å². The van der Waals surface area contributed by atoms with Crippen molar-refractivity contribution < 1.29 is 23.4 Å². The largest absolute Gasteiger partial charge is 0.493 e. The fourth-order valence-corrected chi connectivity index (χ4v) is 3.62. The third-order valence-corrected chi connectivity index (χ3v) is 5.29. The lowest BCUT2D eigenvalue weighted by atomic mass is 10.1. The van der Waals surface area contributed by atoms with E-state index in [4.69, 9.17) is 18.6 Å². The third kappa shape index (κ3) is 7.03. The van der Waals surface area contributed by atoms with E-state index in [0.717, 1.165) is 46.3 Å². The molecule has 0 unspecified atom stereocenters. The van der Waals surface area contributed by atoms with E-state index < -0.39 is 6.09 Å². The number of furan rings is 1. The number of fused-ring (bicyclic) bond motifs is 1. The molecule has 3 aromatic carbocycles. The van der Waals surface area contributed by atoms with Crippen molar-refractivity contribution >= 4 is 17.1 Å². The van der Waals surface area contributed by atoms with Crippen molar-refractivity contribution in [2.75, 3.05) is 13.2 Å². The van der Waals surface area contributed by atoms with Gasteiger partial charge < -0.3 is 23.9 Å². The summed E-state index contributed by atoms with van der Waals surface area (Å²) in [5, 5.41) is 3.78. The molecular weight excluding hydrogens is 442 g/mol. The van der Waals surface area contributed by atoms with Gasteiger partial charge in [0.05, 0.1) is 25.6 Å². The molecule has 1 radical (unpaired) electrons. The van der Waals surface area contributed by atoms with Crippen molar-refractivity contribution in [2.24, 2.45) is 0 Å². The predicted octanol–water partition coefficient (Wildman–Crippen LogP) is 6.77. The molecule has 0 spiro atoms. The number of hydrogen-bond donors (Lipinski definition) is 1. The Hall–Kier alpha value is -3.93. The van der Waals surface area contributed by atoms with Gasteiger partial charge in [0.15, 0.2) is 0 Å². The molecule has 1 N–H and O–H groups in total. The molecule has 0 bridgehead atoms. The summed E-state index contributed by atoms with van der Waals surface area (Å²) in [6.45, 7) is 5.11. The SMILES string of the molecule is CC(C)OC(=O)NCc1[c]c(OCCCCOc2ccc3c(-c4ccccc4)coc3c2)ccc1. The molecule has 6 heteroatoms. The molecule has 35 heavy (non-hydrogen) atoms. The molecule has 0 aliphatic rings. The van der Waals surface area contributed by atoms with E-state index in [2.05, 4.69) is 23.5 Å². The van der Waals surface area contributed by atoms with E-state index in [1.807, 2.05) is 68.4 Å². The van der Waals surface area contributed by atoms with Crippen molar-refractivity contribution in [1.29, 1.82) is 0 Å². The van der Waals surface area contributed by atoms with Gasteiger partial charge >= 0.3 is 6.09 Å². The summed E-state index contributed by atoms with van der Waals surface area (Å²) < 4.78 is 22.5. The first-order valence-corrected chi connectivity index (χ1v) is 11.9. The molecule has 1 amide bonds. The van der Waals surface area contributed by atoms with Gasteiger partial charge in [-0.25, -0.2) is 4.79 Å². The molecule has 0 fully saturated rings. The van der Waals surface area contributed by atoms with Crippen LogP contribution in [-0.4, -0.2) is 25.4 Å². The standard InChI is InChI=1S/C29H30NO5/c1-21(2)35-29(31)30-19-22-9-8-12-24(17-22)32-15-6-7-16-33-25-13-14-26-27(20-34-28(26)18-25)23-10-4-3-5-11-23/h3-5,8-14,18,20-21H,6-7,15-16,19H2,1-2H3,(H,30,31). The minimum Gasteiger partial charge on any atom is -0.493 e. The summed E-state index contributed by atoms with van der Waals surface area (Å²) in [6, 6.07) is 24.9. The quantitative estimate of drug-likeness (QED) is 0.244. The lowest BCUT2D eigenvalue weighted by Gasteiger charge is -2.11. The average molecular weight is 473 g/mol. The van der Waals surface area contributed by atoms with Crippen molar-refractivity contribution in [3.63, 3.8) is 0 Å². The lowest BCUT2D eigenvalue weighted by molar-refractivity contribution is 0.115. The topological polar surface area (TPSA) is 69.9 Å². The van der Waals surface area contributed by atoms with E-state index in [0.29, 0.717) is 25.5 Å². The Morgan fingerprint density at radius 2 is 1.77 bits per heavy atom. The van der Waals surface area contributed by atoms with Crippen LogP contribution >= 0.6 is 0 Å². The maximum atomic E-state index is 11.6. The van der Waals surface area contributed by atoms with E-state index in [1.165, 1.54) is 0 Å². The van der Waals surface area contributed by atoms with Crippen molar-refractivity contribution in [2.45, 2.75) is 39.3 Å². The van der Waals surface area contributed by atoms with Gasteiger partial charge in [-0.1, -0.05) is 42.5 Å². The Morgan fingerprint density at radius 3 is 2.57 bits per heavy atom. The lowest BCUT2D eigenvalue weighted by Crippen LogP contribution is -2.26. The van der Waals surface area contributed by atoms with Crippen LogP contribution in [0.5, 0.6) is 11.5 Å². The molecule has 4 aromatic rings. The predicted molar refractivity (Wildman–Crippen MR) is 136 cm³/mol. The molecule has 1 aromatic heterocycles. The summed E-state index contributed by atoms with van der Waals surface area (Å²) in [6.07, 6.45) is 2.90. The number of amides is 1. The molecular formula is C29H30NO5. The summed E-state index contributed by atoms with van der Waals surface area (Å²) >= 11 is 0. The van der Waals surface area contributed by atoms with E-state index >= 15 is 0 Å². The molecule has 0 aliphatic heterocycles. The van der Waals surface area contributed by atoms with Gasteiger partial charge in [-0.05, 0) is 56.0 Å². The van der Waals surface area contributed by atoms with Crippen LogP contribution in [0, 0.1) is 6.07 Å². The zero-order chi connectivity index (χ0) is 24.5. The van der Waals surface area contributed by atoms with Crippen molar-refractivity contribution in [3.8, 4) is 22.6 Å². The number of alkyl carbamates (subject to hydrolysis) is 1. The van der Waals surface area contributed by atoms with E-state index in [9.17, 15) is 4.79 Å². The van der Waals surface area contributed by atoms with Crippen molar-refractivity contribution in [3.05, 3.63) is 84.6 Å². The highest BCUT2D eigenvalue weighted by Gasteiger charge is 2.09. The number of carbonyl (C=O) groups is 1. The number of hydrogen-bond acceptors (Lipinski definition) is 5. The van der Waals surface area contributed by atoms with E-state index in [1.54, 1.807) is 6.26 Å². The smallest absolute Gasteiger partial charge is 0.407 e. The number of nitrogens with one attached hydrogen (secondary N) is 1. The maximum absolute atomic E-state index is 11.6. The summed E-state index contributed by atoms with van der Waals surface area (Å²) in [5.41, 5.74) is 3.85. The zero-order valence-corrected chi connectivity index (χ0v) is 20.1. The Labute approximate surface area is 205 Å². The Kier molecular flexibility index (Phi) is 8.28. The van der Waals surface area contributed by atoms with Gasteiger partial charge in [0.1, 0.15) is 17.1 Å². The number of unbranched alkanes of at least 4 members (excludes halogenated alkanes) is 1. The molecule has 4 rings (SSSR count). The molecule has 0 aliphatic carbocycles. The Bertz CT molecular complexity index is 1230. The molecule has 181 valence electrons. The monoisotopic (exact) mass is 472 g/mol. The van der Waals surface area contributed by atoms with Crippen LogP contribution in [0.15, 0.2) is 77.4 Å². The second kappa shape index (κ2) is 12.0. The highest BCUT2D eigenvalue weighted by molar-refractivity contribution is 5.94. The fourth-order valence-electron chi connectivity index (χ4n) is 3.62. The minimum absolute atomic E-state index is 0.154. The second-order valence-electron chi connectivity index (χ2n) is 8.43. The van der Waals surface area contributed by atoms with Gasteiger partial charge in [0.2, 0.25) is 0 Å². The van der Waals surface area contributed by atoms with Gasteiger partial charge in [0, 0.05) is 29.6 Å². The second-order valence-corrected chi connectivity index (χ2v) is 8.43. The van der Waals surface area contributed by atoms with Gasteiger partial charge in [-0.15, -0.1) is 0 Å². The van der Waals surface area contributed by atoms with Crippen LogP contribution in [0.2, 0.25) is 0 Å². The first kappa shape index (κ1) is 24.2. The summed E-state index contributed by atoms with van der Waals surface area (Å²) in [7, 11) is 0. The third-order valence-electron chi connectivity index (χ3n) is 5.29. The van der Waals surface area contributed by atoms with Crippen LogP contribution in [0.3, 0.4) is 0 Å².